The van der Waals surface area contributed by atoms with E-state index in [0.717, 1.165) is 16.7 Å². The molecule has 0 atom stereocenters. The molecule has 4 rings (SSSR count). The van der Waals surface area contributed by atoms with E-state index >= 15 is 0 Å². The fourth-order valence-electron chi connectivity index (χ4n) is 2.00. The second-order valence-corrected chi connectivity index (χ2v) is 4.06. The van der Waals surface area contributed by atoms with Crippen LogP contribution in [0.1, 0.15) is 0 Å². The summed E-state index contributed by atoms with van der Waals surface area (Å²) in [5.41, 5.74) is 2.85. The van der Waals surface area contributed by atoms with Crippen LogP contribution in [0.2, 0.25) is 0 Å². The minimum absolute atomic E-state index is 0.707. The first-order chi connectivity index (χ1) is 8.90. The van der Waals surface area contributed by atoms with Gasteiger partial charge in [0.25, 0.3) is 0 Å². The Bertz CT molecular complexity index is 809. The predicted octanol–water partition coefficient (Wildman–Crippen LogP) is 2.04. The molecule has 0 bridgehead atoms. The largest absolute Gasteiger partial charge is 0.240 e. The average molecular weight is 235 g/mol. The van der Waals surface area contributed by atoms with Gasteiger partial charge in [-0.05, 0) is 30.3 Å². The number of rotatable bonds is 1. The summed E-state index contributed by atoms with van der Waals surface area (Å²) in [4.78, 5) is 4.48. The molecule has 0 aliphatic rings. The fourth-order valence-corrected chi connectivity index (χ4v) is 2.00. The standard InChI is InChI=1S/C13H9N5/c1-2-8-17-12(3-1)15-13(16-17)10-4-5-11-6-7-14-18(11)9-10/h1-9H. The minimum atomic E-state index is 0.707. The molecule has 4 aromatic heterocycles. The third-order valence-electron chi connectivity index (χ3n) is 2.90. The molecule has 86 valence electrons. The maximum Gasteiger partial charge on any atom is 0.183 e. The van der Waals surface area contributed by atoms with Gasteiger partial charge < -0.3 is 0 Å². The van der Waals surface area contributed by atoms with Gasteiger partial charge in [-0.25, -0.2) is 14.0 Å². The zero-order valence-electron chi connectivity index (χ0n) is 9.43. The van der Waals surface area contributed by atoms with Crippen molar-refractivity contribution in [2.45, 2.75) is 0 Å². The number of aromatic nitrogens is 5. The van der Waals surface area contributed by atoms with Gasteiger partial charge in [-0.1, -0.05) is 6.07 Å². The highest BCUT2D eigenvalue weighted by Crippen LogP contribution is 2.16. The van der Waals surface area contributed by atoms with Crippen LogP contribution in [0.5, 0.6) is 0 Å². The van der Waals surface area contributed by atoms with Gasteiger partial charge in [0, 0.05) is 24.2 Å². The van der Waals surface area contributed by atoms with Crippen molar-refractivity contribution in [3.8, 4) is 11.4 Å². The molecule has 0 saturated carbocycles. The zero-order valence-corrected chi connectivity index (χ0v) is 9.43. The lowest BCUT2D eigenvalue weighted by molar-refractivity contribution is 0.947. The van der Waals surface area contributed by atoms with E-state index in [1.807, 2.05) is 53.3 Å². The van der Waals surface area contributed by atoms with Crippen LogP contribution in [0.3, 0.4) is 0 Å². The highest BCUT2D eigenvalue weighted by molar-refractivity contribution is 5.60. The van der Waals surface area contributed by atoms with Gasteiger partial charge in [-0.2, -0.15) is 5.10 Å². The summed E-state index contributed by atoms with van der Waals surface area (Å²) in [5, 5.41) is 8.65. The summed E-state index contributed by atoms with van der Waals surface area (Å²) >= 11 is 0. The smallest absolute Gasteiger partial charge is 0.183 e. The van der Waals surface area contributed by atoms with Gasteiger partial charge in [-0.15, -0.1) is 5.10 Å². The second kappa shape index (κ2) is 3.40. The van der Waals surface area contributed by atoms with Crippen molar-refractivity contribution in [1.82, 2.24) is 24.2 Å². The first-order valence-corrected chi connectivity index (χ1v) is 5.65. The Labute approximate surface area is 102 Å². The summed E-state index contributed by atoms with van der Waals surface area (Å²) in [6.07, 6.45) is 5.60. The quantitative estimate of drug-likeness (QED) is 0.507. The van der Waals surface area contributed by atoms with Crippen LogP contribution in [-0.4, -0.2) is 24.2 Å². The molecule has 0 unspecified atom stereocenters. The normalized spacial score (nSPS) is 11.3. The maximum atomic E-state index is 4.48. The molecule has 0 aliphatic heterocycles. The maximum absolute atomic E-state index is 4.48. The fraction of sp³-hybridized carbons (Fsp3) is 0. The number of nitrogens with zero attached hydrogens (tertiary/aromatic N) is 5. The summed E-state index contributed by atoms with van der Waals surface area (Å²) < 4.78 is 3.59. The summed E-state index contributed by atoms with van der Waals surface area (Å²) in [7, 11) is 0. The number of hydrogen-bond donors (Lipinski definition) is 0. The van der Waals surface area contributed by atoms with Gasteiger partial charge >= 0.3 is 0 Å². The van der Waals surface area contributed by atoms with Gasteiger partial charge in [-0.3, -0.25) is 0 Å². The van der Waals surface area contributed by atoms with Crippen molar-refractivity contribution in [3.63, 3.8) is 0 Å². The molecule has 5 nitrogen and oxygen atoms in total. The molecule has 0 aromatic carbocycles. The van der Waals surface area contributed by atoms with Crippen LogP contribution in [0.15, 0.2) is 55.0 Å². The Balaban J connectivity index is 1.94. The third kappa shape index (κ3) is 1.31. The van der Waals surface area contributed by atoms with E-state index in [1.165, 1.54) is 0 Å². The third-order valence-corrected chi connectivity index (χ3v) is 2.90. The van der Waals surface area contributed by atoms with Crippen LogP contribution in [0, 0.1) is 0 Å². The SMILES string of the molecule is c1ccn2nc(-c3ccc4ccnn4c3)nc2c1. The van der Waals surface area contributed by atoms with Crippen LogP contribution in [0.4, 0.5) is 0 Å². The van der Waals surface area contributed by atoms with Crippen molar-refractivity contribution in [2.24, 2.45) is 0 Å². The van der Waals surface area contributed by atoms with Crippen LogP contribution < -0.4 is 0 Å². The molecular weight excluding hydrogens is 226 g/mol. The first-order valence-electron chi connectivity index (χ1n) is 5.65. The van der Waals surface area contributed by atoms with Crippen LogP contribution >= 0.6 is 0 Å². The molecule has 4 aromatic rings. The highest BCUT2D eigenvalue weighted by atomic mass is 15.3. The predicted molar refractivity (Wildman–Crippen MR) is 67.2 cm³/mol. The summed E-state index contributed by atoms with van der Waals surface area (Å²) in [6, 6.07) is 11.8. The van der Waals surface area contributed by atoms with E-state index in [-0.39, 0.29) is 0 Å². The Kier molecular flexibility index (Phi) is 1.77. The summed E-state index contributed by atoms with van der Waals surface area (Å²) in [5.74, 6) is 0.707. The molecular formula is C13H9N5. The highest BCUT2D eigenvalue weighted by Gasteiger charge is 2.06. The van der Waals surface area contributed by atoms with Gasteiger partial charge in [0.05, 0.1) is 5.52 Å². The van der Waals surface area contributed by atoms with E-state index in [9.17, 15) is 0 Å². The number of fused-ring (bicyclic) bond motifs is 2. The second-order valence-electron chi connectivity index (χ2n) is 4.06. The van der Waals surface area contributed by atoms with Crippen LogP contribution in [0.25, 0.3) is 22.6 Å². The number of hydrogen-bond acceptors (Lipinski definition) is 3. The first kappa shape index (κ1) is 9.35. The van der Waals surface area contributed by atoms with Crippen molar-refractivity contribution >= 4 is 11.2 Å². The van der Waals surface area contributed by atoms with Gasteiger partial charge in [0.15, 0.2) is 11.5 Å². The molecule has 5 heteroatoms. The zero-order chi connectivity index (χ0) is 11.9. The van der Waals surface area contributed by atoms with E-state index in [2.05, 4.69) is 15.2 Å². The molecule has 0 amide bonds. The topological polar surface area (TPSA) is 47.5 Å². The average Bonchev–Trinajstić information content (AvgIpc) is 3.04. The lowest BCUT2D eigenvalue weighted by Gasteiger charge is -1.96. The Morgan fingerprint density at radius 1 is 0.944 bits per heavy atom. The van der Waals surface area contributed by atoms with Crippen molar-refractivity contribution in [2.75, 3.05) is 0 Å². The van der Waals surface area contributed by atoms with E-state index in [0.29, 0.717) is 5.82 Å². The Hall–Kier alpha value is -2.69. The molecule has 0 saturated heterocycles. The lowest BCUT2D eigenvalue weighted by Crippen LogP contribution is -1.89. The minimum Gasteiger partial charge on any atom is -0.240 e. The Morgan fingerprint density at radius 2 is 1.94 bits per heavy atom. The van der Waals surface area contributed by atoms with Crippen molar-refractivity contribution < 1.29 is 0 Å². The van der Waals surface area contributed by atoms with Crippen molar-refractivity contribution in [3.05, 3.63) is 55.0 Å². The van der Waals surface area contributed by atoms with E-state index in [4.69, 9.17) is 0 Å². The Morgan fingerprint density at radius 3 is 2.89 bits per heavy atom. The molecule has 0 spiro atoms. The molecule has 0 N–H and O–H groups in total. The molecule has 0 radical (unpaired) electrons. The van der Waals surface area contributed by atoms with Crippen LogP contribution in [-0.2, 0) is 0 Å². The van der Waals surface area contributed by atoms with E-state index in [1.54, 1.807) is 10.7 Å². The molecule has 18 heavy (non-hydrogen) atoms. The van der Waals surface area contributed by atoms with Gasteiger partial charge in [0.2, 0.25) is 0 Å². The van der Waals surface area contributed by atoms with Crippen molar-refractivity contribution in [1.29, 1.82) is 0 Å². The molecule has 4 heterocycles. The monoisotopic (exact) mass is 235 g/mol. The molecule has 0 fully saturated rings. The van der Waals surface area contributed by atoms with E-state index < -0.39 is 0 Å². The molecule has 0 aliphatic carbocycles. The number of pyridine rings is 2. The van der Waals surface area contributed by atoms with Gasteiger partial charge in [0.1, 0.15) is 0 Å². The lowest BCUT2D eigenvalue weighted by atomic mass is 10.2. The summed E-state index contributed by atoms with van der Waals surface area (Å²) in [6.45, 7) is 0.